The number of carbonyl (C=O) groups excluding carboxylic acids is 1. The highest BCUT2D eigenvalue weighted by Gasteiger charge is 2.36. The zero-order chi connectivity index (χ0) is 23.8. The van der Waals surface area contributed by atoms with Crippen LogP contribution in [0.2, 0.25) is 0 Å². The third-order valence-electron chi connectivity index (χ3n) is 6.24. The number of amides is 1. The van der Waals surface area contributed by atoms with Gasteiger partial charge in [-0.15, -0.1) is 0 Å². The van der Waals surface area contributed by atoms with Gasteiger partial charge in [0.05, 0.1) is 33.6 Å². The van der Waals surface area contributed by atoms with Gasteiger partial charge in [-0.2, -0.15) is 0 Å². The molecule has 2 aromatic carbocycles. The molecule has 5 rings (SSSR count). The molecule has 0 spiro atoms. The summed E-state index contributed by atoms with van der Waals surface area (Å²) in [5.41, 5.74) is 2.63. The summed E-state index contributed by atoms with van der Waals surface area (Å²) in [5, 5.41) is 0.798. The number of pyridine rings is 1. The Labute approximate surface area is 195 Å². The maximum atomic E-state index is 13.5. The molecule has 2 aromatic heterocycles. The van der Waals surface area contributed by atoms with E-state index in [-0.39, 0.29) is 17.2 Å². The summed E-state index contributed by atoms with van der Waals surface area (Å²) < 4.78 is 21.8. The first kappa shape index (κ1) is 21.6. The molecule has 34 heavy (non-hydrogen) atoms. The minimum Gasteiger partial charge on any atom is -0.497 e. The van der Waals surface area contributed by atoms with Gasteiger partial charge < -0.3 is 28.5 Å². The summed E-state index contributed by atoms with van der Waals surface area (Å²) in [5.74, 6) is 1.72. The van der Waals surface area contributed by atoms with Crippen LogP contribution in [0.3, 0.4) is 0 Å². The third-order valence-corrected chi connectivity index (χ3v) is 6.24. The molecule has 0 saturated heterocycles. The lowest BCUT2D eigenvalue weighted by molar-refractivity contribution is 0.0660. The lowest BCUT2D eigenvalue weighted by Crippen LogP contribution is -2.42. The topological polar surface area (TPSA) is 94.0 Å². The predicted octanol–water partition coefficient (Wildman–Crippen LogP) is 3.93. The largest absolute Gasteiger partial charge is 0.497 e. The number of nitrogens with zero attached hydrogens (tertiary/aromatic N) is 1. The van der Waals surface area contributed by atoms with Crippen molar-refractivity contribution in [3.63, 3.8) is 0 Å². The quantitative estimate of drug-likeness (QED) is 0.485. The Morgan fingerprint density at radius 1 is 1.00 bits per heavy atom. The Morgan fingerprint density at radius 3 is 2.50 bits per heavy atom. The molecule has 1 aliphatic heterocycles. The molecule has 1 N–H and O–H groups in total. The van der Waals surface area contributed by atoms with Gasteiger partial charge in [0, 0.05) is 23.0 Å². The van der Waals surface area contributed by atoms with Crippen LogP contribution in [-0.4, -0.2) is 43.7 Å². The van der Waals surface area contributed by atoms with E-state index in [0.717, 1.165) is 16.5 Å². The van der Waals surface area contributed by atoms with E-state index in [9.17, 15) is 9.59 Å². The van der Waals surface area contributed by atoms with Gasteiger partial charge in [0.1, 0.15) is 5.75 Å². The van der Waals surface area contributed by atoms with E-state index in [0.29, 0.717) is 41.3 Å². The Hall–Kier alpha value is -4.20. The Kier molecular flexibility index (Phi) is 5.49. The molecular weight excluding hydrogens is 436 g/mol. The van der Waals surface area contributed by atoms with Crippen LogP contribution < -0.4 is 19.8 Å². The van der Waals surface area contributed by atoms with Gasteiger partial charge in [0.2, 0.25) is 0 Å². The molecule has 174 valence electrons. The molecule has 0 fully saturated rings. The maximum absolute atomic E-state index is 13.5. The smallest absolute Gasteiger partial charge is 0.290 e. The van der Waals surface area contributed by atoms with Gasteiger partial charge in [-0.05, 0) is 66.1 Å². The second-order valence-electron chi connectivity index (χ2n) is 8.04. The molecule has 0 unspecified atom stereocenters. The van der Waals surface area contributed by atoms with Crippen molar-refractivity contribution in [1.29, 1.82) is 0 Å². The number of methoxy groups -OCH3 is 3. The van der Waals surface area contributed by atoms with E-state index >= 15 is 0 Å². The number of ether oxygens (including phenoxy) is 3. The highest BCUT2D eigenvalue weighted by atomic mass is 16.5. The second kappa shape index (κ2) is 8.62. The zero-order valence-electron chi connectivity index (χ0n) is 19.1. The molecule has 3 heterocycles. The van der Waals surface area contributed by atoms with Crippen molar-refractivity contribution in [3.8, 4) is 17.2 Å². The summed E-state index contributed by atoms with van der Waals surface area (Å²) in [4.78, 5) is 31.4. The van der Waals surface area contributed by atoms with Gasteiger partial charge in [-0.3, -0.25) is 9.59 Å². The van der Waals surface area contributed by atoms with Gasteiger partial charge in [0.25, 0.3) is 11.5 Å². The lowest BCUT2D eigenvalue weighted by atomic mass is 9.87. The predicted molar refractivity (Wildman–Crippen MR) is 126 cm³/mol. The molecule has 4 aromatic rings. The van der Waals surface area contributed by atoms with Gasteiger partial charge in [-0.25, -0.2) is 0 Å². The molecular formula is C26H24N2O6. The third kappa shape index (κ3) is 3.57. The highest BCUT2D eigenvalue weighted by molar-refractivity contribution is 5.92. The summed E-state index contributed by atoms with van der Waals surface area (Å²) in [6, 6.07) is 13.7. The van der Waals surface area contributed by atoms with Crippen LogP contribution in [0.4, 0.5) is 0 Å². The minimum atomic E-state index is -0.652. The lowest BCUT2D eigenvalue weighted by Gasteiger charge is -2.37. The Bertz CT molecular complexity index is 1420. The Balaban J connectivity index is 1.74. The van der Waals surface area contributed by atoms with Crippen LogP contribution in [0.15, 0.2) is 64.0 Å². The number of hydrogen-bond acceptors (Lipinski definition) is 6. The molecule has 0 radical (unpaired) electrons. The number of aromatic amines is 1. The molecule has 0 aliphatic carbocycles. The summed E-state index contributed by atoms with van der Waals surface area (Å²) in [7, 11) is 4.73. The van der Waals surface area contributed by atoms with Crippen molar-refractivity contribution in [2.75, 3.05) is 27.9 Å². The van der Waals surface area contributed by atoms with Crippen molar-refractivity contribution < 1.29 is 23.4 Å². The Morgan fingerprint density at radius 2 is 1.79 bits per heavy atom. The van der Waals surface area contributed by atoms with Crippen LogP contribution in [0.5, 0.6) is 17.2 Å². The fourth-order valence-electron chi connectivity index (χ4n) is 4.57. The van der Waals surface area contributed by atoms with E-state index in [2.05, 4.69) is 4.98 Å². The number of H-pyrrole nitrogens is 1. The first-order chi connectivity index (χ1) is 16.5. The van der Waals surface area contributed by atoms with Crippen molar-refractivity contribution >= 4 is 16.8 Å². The number of fused-ring (bicyclic) bond motifs is 2. The van der Waals surface area contributed by atoms with Crippen molar-refractivity contribution in [2.45, 2.75) is 12.5 Å². The average molecular weight is 460 g/mol. The number of carbonyl (C=O) groups is 1. The molecule has 8 nitrogen and oxygen atoms in total. The van der Waals surface area contributed by atoms with Crippen molar-refractivity contribution in [2.24, 2.45) is 0 Å². The van der Waals surface area contributed by atoms with Crippen molar-refractivity contribution in [3.05, 3.63) is 87.6 Å². The van der Waals surface area contributed by atoms with Crippen LogP contribution in [0.25, 0.3) is 10.9 Å². The van der Waals surface area contributed by atoms with E-state index in [1.807, 2.05) is 24.3 Å². The summed E-state index contributed by atoms with van der Waals surface area (Å²) >= 11 is 0. The summed E-state index contributed by atoms with van der Waals surface area (Å²) in [6.45, 7) is 0.405. The van der Waals surface area contributed by atoms with Gasteiger partial charge in [0.15, 0.2) is 17.3 Å². The number of aromatic nitrogens is 1. The fraction of sp³-hybridized carbons (Fsp3) is 0.231. The number of furan rings is 1. The van der Waals surface area contributed by atoms with Gasteiger partial charge >= 0.3 is 0 Å². The van der Waals surface area contributed by atoms with E-state index in [1.54, 1.807) is 50.5 Å². The van der Waals surface area contributed by atoms with Crippen LogP contribution in [-0.2, 0) is 6.42 Å². The molecule has 8 heteroatoms. The molecule has 1 amide bonds. The summed E-state index contributed by atoms with van der Waals surface area (Å²) in [6.07, 6.45) is 2.06. The van der Waals surface area contributed by atoms with Crippen LogP contribution in [0.1, 0.15) is 33.3 Å². The number of nitrogens with one attached hydrogen (secondary N) is 1. The molecule has 0 bridgehead atoms. The normalized spacial score (nSPS) is 15.1. The minimum absolute atomic E-state index is 0.216. The zero-order valence-corrected chi connectivity index (χ0v) is 19.1. The molecule has 1 aliphatic rings. The maximum Gasteiger partial charge on any atom is 0.290 e. The van der Waals surface area contributed by atoms with Gasteiger partial charge in [-0.1, -0.05) is 0 Å². The van der Waals surface area contributed by atoms with Crippen LogP contribution in [0, 0.1) is 0 Å². The number of benzene rings is 2. The van der Waals surface area contributed by atoms with E-state index in [1.165, 1.54) is 6.26 Å². The average Bonchev–Trinajstić information content (AvgIpc) is 3.41. The van der Waals surface area contributed by atoms with Crippen molar-refractivity contribution in [1.82, 2.24) is 9.88 Å². The van der Waals surface area contributed by atoms with E-state index in [4.69, 9.17) is 18.6 Å². The first-order valence-electron chi connectivity index (χ1n) is 10.8. The van der Waals surface area contributed by atoms with E-state index < -0.39 is 6.04 Å². The molecule has 1 atom stereocenters. The van der Waals surface area contributed by atoms with Crippen LogP contribution >= 0.6 is 0 Å². The molecule has 0 saturated carbocycles. The second-order valence-corrected chi connectivity index (χ2v) is 8.04. The standard InChI is InChI=1S/C26H24N2O6/c1-31-17-6-7-20-16(11-17)12-19(25(29)27-20)24-18-14-23(33-3)22(32-2)13-15(18)8-9-28(24)26(30)21-5-4-10-34-21/h4-7,10-14,24H,8-9H2,1-3H3,(H,27,29)/t24-/m0/s1. The highest BCUT2D eigenvalue weighted by Crippen LogP contribution is 2.41. The number of rotatable bonds is 5. The SMILES string of the molecule is COc1ccc2[nH]c(=O)c([C@@H]3c4cc(OC)c(OC)cc4CCN3C(=O)c3ccco3)cc2c1. The monoisotopic (exact) mass is 460 g/mol. The number of hydrogen-bond donors (Lipinski definition) is 1. The fourth-order valence-corrected chi connectivity index (χ4v) is 4.57. The first-order valence-corrected chi connectivity index (χ1v) is 10.8.